The molecule has 1 aliphatic rings. The maximum Gasteiger partial charge on any atom is 0.323 e. The molecule has 1 aromatic carbocycles. The summed E-state index contributed by atoms with van der Waals surface area (Å²) in [5.41, 5.74) is 2.68. The van der Waals surface area contributed by atoms with E-state index in [1.165, 1.54) is 31.1 Å². The van der Waals surface area contributed by atoms with Gasteiger partial charge in [0.25, 0.3) is 0 Å². The van der Waals surface area contributed by atoms with E-state index in [2.05, 4.69) is 43.4 Å². The van der Waals surface area contributed by atoms with Crippen molar-refractivity contribution in [1.29, 1.82) is 0 Å². The standard InChI is InChI=1S/C17H25NO2/c1-4-12(2)16(17(19)20-3)18-11-13-6-5-7-15(10-13)14-8-9-14/h5-7,10,12,14,16,18H,4,8-9,11H2,1-3H3. The fourth-order valence-corrected chi connectivity index (χ4v) is 2.48. The number of hydrogen-bond acceptors (Lipinski definition) is 3. The lowest BCUT2D eigenvalue weighted by atomic mass is 9.98. The van der Waals surface area contributed by atoms with Crippen LogP contribution in [0.2, 0.25) is 0 Å². The Hall–Kier alpha value is -1.35. The summed E-state index contributed by atoms with van der Waals surface area (Å²) in [6, 6.07) is 8.46. The maximum absolute atomic E-state index is 11.8. The topological polar surface area (TPSA) is 38.3 Å². The van der Waals surface area contributed by atoms with Gasteiger partial charge < -0.3 is 10.1 Å². The summed E-state index contributed by atoms with van der Waals surface area (Å²) >= 11 is 0. The molecule has 0 aromatic heterocycles. The van der Waals surface area contributed by atoms with Crippen LogP contribution in [0.3, 0.4) is 0 Å². The molecule has 2 rings (SSSR count). The molecular weight excluding hydrogens is 250 g/mol. The van der Waals surface area contributed by atoms with E-state index in [9.17, 15) is 4.79 Å². The van der Waals surface area contributed by atoms with E-state index in [0.717, 1.165) is 12.3 Å². The van der Waals surface area contributed by atoms with Crippen LogP contribution in [0.4, 0.5) is 0 Å². The molecule has 2 unspecified atom stereocenters. The van der Waals surface area contributed by atoms with Crippen molar-refractivity contribution in [2.75, 3.05) is 7.11 Å². The second kappa shape index (κ2) is 6.89. The van der Waals surface area contributed by atoms with Crippen molar-refractivity contribution in [2.24, 2.45) is 5.92 Å². The number of carbonyl (C=O) groups excluding carboxylic acids is 1. The third-order valence-corrected chi connectivity index (χ3v) is 4.19. The van der Waals surface area contributed by atoms with Crippen LogP contribution in [-0.2, 0) is 16.1 Å². The highest BCUT2D eigenvalue weighted by Gasteiger charge is 2.25. The Morgan fingerprint density at radius 1 is 1.45 bits per heavy atom. The van der Waals surface area contributed by atoms with Crippen LogP contribution >= 0.6 is 0 Å². The highest BCUT2D eigenvalue weighted by atomic mass is 16.5. The van der Waals surface area contributed by atoms with E-state index in [4.69, 9.17) is 4.74 Å². The fourth-order valence-electron chi connectivity index (χ4n) is 2.48. The van der Waals surface area contributed by atoms with Crippen molar-refractivity contribution in [1.82, 2.24) is 5.32 Å². The highest BCUT2D eigenvalue weighted by molar-refractivity contribution is 5.75. The lowest BCUT2D eigenvalue weighted by Crippen LogP contribution is -2.42. The van der Waals surface area contributed by atoms with Gasteiger partial charge in [0.05, 0.1) is 7.11 Å². The van der Waals surface area contributed by atoms with Gasteiger partial charge in [-0.25, -0.2) is 0 Å². The van der Waals surface area contributed by atoms with Gasteiger partial charge in [0, 0.05) is 6.54 Å². The Morgan fingerprint density at radius 2 is 2.20 bits per heavy atom. The Kier molecular flexibility index (Phi) is 5.18. The van der Waals surface area contributed by atoms with E-state index in [-0.39, 0.29) is 17.9 Å². The van der Waals surface area contributed by atoms with E-state index in [1.807, 2.05) is 0 Å². The molecule has 1 N–H and O–H groups in total. The Labute approximate surface area is 121 Å². The van der Waals surface area contributed by atoms with Crippen LogP contribution in [0, 0.1) is 5.92 Å². The smallest absolute Gasteiger partial charge is 0.323 e. The summed E-state index contributed by atoms with van der Waals surface area (Å²) in [6.45, 7) is 4.88. The molecule has 0 aliphatic heterocycles. The van der Waals surface area contributed by atoms with Crippen molar-refractivity contribution in [3.8, 4) is 0 Å². The normalized spacial score (nSPS) is 17.6. The van der Waals surface area contributed by atoms with Gasteiger partial charge >= 0.3 is 5.97 Å². The number of hydrogen-bond donors (Lipinski definition) is 1. The zero-order valence-corrected chi connectivity index (χ0v) is 12.7. The number of methoxy groups -OCH3 is 1. The minimum Gasteiger partial charge on any atom is -0.468 e. The average Bonchev–Trinajstić information content (AvgIpc) is 3.31. The molecular formula is C17H25NO2. The second-order valence-electron chi connectivity index (χ2n) is 5.79. The van der Waals surface area contributed by atoms with Gasteiger partial charge in [-0.3, -0.25) is 4.79 Å². The number of carbonyl (C=O) groups is 1. The fraction of sp³-hybridized carbons (Fsp3) is 0.588. The van der Waals surface area contributed by atoms with Gasteiger partial charge in [-0.1, -0.05) is 44.5 Å². The third kappa shape index (κ3) is 3.83. The predicted octanol–water partition coefficient (Wildman–Crippen LogP) is 3.24. The van der Waals surface area contributed by atoms with Crippen molar-refractivity contribution >= 4 is 5.97 Å². The first kappa shape index (κ1) is 15.0. The molecule has 20 heavy (non-hydrogen) atoms. The molecule has 0 heterocycles. The summed E-state index contributed by atoms with van der Waals surface area (Å²) < 4.78 is 4.89. The molecule has 3 nitrogen and oxygen atoms in total. The first-order valence-electron chi connectivity index (χ1n) is 7.55. The van der Waals surface area contributed by atoms with Gasteiger partial charge in [-0.2, -0.15) is 0 Å². The Balaban J connectivity index is 1.97. The van der Waals surface area contributed by atoms with Crippen LogP contribution in [0.15, 0.2) is 24.3 Å². The Morgan fingerprint density at radius 3 is 2.80 bits per heavy atom. The first-order valence-corrected chi connectivity index (χ1v) is 7.55. The first-order chi connectivity index (χ1) is 9.65. The van der Waals surface area contributed by atoms with Crippen LogP contribution in [0.5, 0.6) is 0 Å². The van der Waals surface area contributed by atoms with E-state index in [1.54, 1.807) is 0 Å². The summed E-state index contributed by atoms with van der Waals surface area (Å²) in [5.74, 6) is 0.868. The van der Waals surface area contributed by atoms with Crippen molar-refractivity contribution in [2.45, 2.75) is 51.6 Å². The molecule has 3 heteroatoms. The van der Waals surface area contributed by atoms with Gasteiger partial charge in [-0.05, 0) is 35.8 Å². The van der Waals surface area contributed by atoms with Crippen molar-refractivity contribution in [3.05, 3.63) is 35.4 Å². The summed E-state index contributed by atoms with van der Waals surface area (Å²) in [7, 11) is 1.45. The van der Waals surface area contributed by atoms with Gasteiger partial charge in [0.15, 0.2) is 0 Å². The molecule has 1 aromatic rings. The number of rotatable bonds is 7. The third-order valence-electron chi connectivity index (χ3n) is 4.19. The van der Waals surface area contributed by atoms with Crippen molar-refractivity contribution < 1.29 is 9.53 Å². The number of esters is 1. The van der Waals surface area contributed by atoms with Gasteiger partial charge in [-0.15, -0.1) is 0 Å². The molecule has 0 radical (unpaired) electrons. The molecule has 0 bridgehead atoms. The van der Waals surface area contributed by atoms with Crippen molar-refractivity contribution in [3.63, 3.8) is 0 Å². The monoisotopic (exact) mass is 275 g/mol. The quantitative estimate of drug-likeness (QED) is 0.776. The SMILES string of the molecule is CCC(C)C(NCc1cccc(C2CC2)c1)C(=O)OC. The average molecular weight is 275 g/mol. The van der Waals surface area contributed by atoms with E-state index >= 15 is 0 Å². The molecule has 0 spiro atoms. The minimum absolute atomic E-state index is 0.169. The van der Waals surface area contributed by atoms with E-state index in [0.29, 0.717) is 6.54 Å². The number of benzene rings is 1. The highest BCUT2D eigenvalue weighted by Crippen LogP contribution is 2.40. The zero-order chi connectivity index (χ0) is 14.5. The molecule has 1 aliphatic carbocycles. The molecule has 0 amide bonds. The van der Waals surface area contributed by atoms with E-state index < -0.39 is 0 Å². The largest absolute Gasteiger partial charge is 0.468 e. The van der Waals surface area contributed by atoms with Crippen LogP contribution < -0.4 is 5.32 Å². The molecule has 110 valence electrons. The molecule has 0 saturated heterocycles. The Bertz CT molecular complexity index is 454. The summed E-state index contributed by atoms with van der Waals surface area (Å²) in [4.78, 5) is 11.8. The van der Waals surface area contributed by atoms with Gasteiger partial charge in [0.1, 0.15) is 6.04 Å². The summed E-state index contributed by atoms with van der Waals surface area (Å²) in [6.07, 6.45) is 3.58. The van der Waals surface area contributed by atoms with Gasteiger partial charge in [0.2, 0.25) is 0 Å². The zero-order valence-electron chi connectivity index (χ0n) is 12.7. The maximum atomic E-state index is 11.8. The lowest BCUT2D eigenvalue weighted by Gasteiger charge is -2.22. The van der Waals surface area contributed by atoms with Crippen LogP contribution in [0.1, 0.15) is 50.2 Å². The summed E-state index contributed by atoms with van der Waals surface area (Å²) in [5, 5.41) is 3.35. The molecule has 1 saturated carbocycles. The number of ether oxygens (including phenoxy) is 1. The van der Waals surface area contributed by atoms with Crippen LogP contribution in [-0.4, -0.2) is 19.1 Å². The second-order valence-corrected chi connectivity index (χ2v) is 5.79. The molecule has 2 atom stereocenters. The minimum atomic E-state index is -0.227. The molecule has 1 fully saturated rings. The number of nitrogens with one attached hydrogen (secondary N) is 1. The van der Waals surface area contributed by atoms with Crippen LogP contribution in [0.25, 0.3) is 0 Å². The lowest BCUT2D eigenvalue weighted by molar-refractivity contribution is -0.144. The predicted molar refractivity (Wildman–Crippen MR) is 80.5 cm³/mol.